The van der Waals surface area contributed by atoms with Crippen LogP contribution in [0.15, 0.2) is 30.3 Å². The van der Waals surface area contributed by atoms with Crippen LogP contribution in [0.1, 0.15) is 76.2 Å². The summed E-state index contributed by atoms with van der Waals surface area (Å²) in [7, 11) is 0. The number of halogens is 2. The van der Waals surface area contributed by atoms with E-state index in [0.29, 0.717) is 3.74 Å². The minimum atomic E-state index is 0.515. The van der Waals surface area contributed by atoms with Gasteiger partial charge in [-0.3, -0.25) is 0 Å². The van der Waals surface area contributed by atoms with E-state index >= 15 is 0 Å². The van der Waals surface area contributed by atoms with E-state index in [-0.39, 0.29) is 0 Å². The van der Waals surface area contributed by atoms with Gasteiger partial charge in [0.1, 0.15) is 0 Å². The van der Waals surface area contributed by atoms with E-state index in [1.165, 1.54) is 82.6 Å². The van der Waals surface area contributed by atoms with Crippen LogP contribution in [-0.4, -0.2) is 3.74 Å². The zero-order valence-corrected chi connectivity index (χ0v) is 16.4. The molecule has 0 aromatic heterocycles. The van der Waals surface area contributed by atoms with E-state index in [1.54, 1.807) is 0 Å². The molecule has 0 heterocycles. The highest BCUT2D eigenvalue weighted by molar-refractivity contribution is 9.24. The Kier molecular flexibility index (Phi) is 12.6. The summed E-state index contributed by atoms with van der Waals surface area (Å²) in [5, 5.41) is 0. The Morgan fingerprint density at radius 1 is 0.619 bits per heavy atom. The van der Waals surface area contributed by atoms with Crippen molar-refractivity contribution < 1.29 is 0 Å². The highest BCUT2D eigenvalue weighted by atomic mass is 79.9. The van der Waals surface area contributed by atoms with Crippen LogP contribution < -0.4 is 0 Å². The normalized spacial score (nSPS) is 11.2. The molecule has 21 heavy (non-hydrogen) atoms. The predicted molar refractivity (Wildman–Crippen MR) is 103 cm³/mol. The molecule has 1 aromatic carbocycles. The van der Waals surface area contributed by atoms with Crippen molar-refractivity contribution >= 4 is 31.9 Å². The zero-order chi connectivity index (χ0) is 15.2. The van der Waals surface area contributed by atoms with Gasteiger partial charge in [0, 0.05) is 0 Å². The van der Waals surface area contributed by atoms with Crippen LogP contribution in [-0.2, 0) is 6.42 Å². The average Bonchev–Trinajstić information content (AvgIpc) is 2.49. The molecule has 0 N–H and O–H groups in total. The Bertz CT molecular complexity index is 322. The van der Waals surface area contributed by atoms with Crippen LogP contribution in [0.2, 0.25) is 0 Å². The van der Waals surface area contributed by atoms with E-state index in [1.807, 2.05) is 0 Å². The van der Waals surface area contributed by atoms with Crippen LogP contribution in [0.4, 0.5) is 0 Å². The van der Waals surface area contributed by atoms with Crippen molar-refractivity contribution in [3.8, 4) is 0 Å². The molecular formula is C19H30Br2. The number of aryl methyl sites for hydroxylation is 1. The van der Waals surface area contributed by atoms with Crippen molar-refractivity contribution in [3.63, 3.8) is 0 Å². The summed E-state index contributed by atoms with van der Waals surface area (Å²) in [5.74, 6) is 0. The number of benzene rings is 1. The molecule has 0 amide bonds. The van der Waals surface area contributed by atoms with E-state index in [4.69, 9.17) is 0 Å². The van der Waals surface area contributed by atoms with Gasteiger partial charge in [0.05, 0.1) is 3.74 Å². The third-order valence-corrected chi connectivity index (χ3v) is 4.90. The van der Waals surface area contributed by atoms with Crippen LogP contribution >= 0.6 is 31.9 Å². The molecule has 0 aliphatic carbocycles. The van der Waals surface area contributed by atoms with Gasteiger partial charge in [-0.25, -0.2) is 0 Å². The van der Waals surface area contributed by atoms with Crippen molar-refractivity contribution in [2.24, 2.45) is 0 Å². The van der Waals surface area contributed by atoms with E-state index in [2.05, 4.69) is 62.2 Å². The summed E-state index contributed by atoms with van der Waals surface area (Å²) >= 11 is 7.06. The van der Waals surface area contributed by atoms with Crippen LogP contribution in [0.25, 0.3) is 0 Å². The standard InChI is InChI=1S/C19H30Br2/c20-19(21)17-13-8-6-4-2-1-3-5-7-10-14-18-15-11-9-12-16-18/h9,11-12,15-16,19H,1-8,10,13-14,17H2. The molecular weight excluding hydrogens is 388 g/mol. The molecule has 0 atom stereocenters. The average molecular weight is 418 g/mol. The van der Waals surface area contributed by atoms with Crippen molar-refractivity contribution in [3.05, 3.63) is 35.9 Å². The van der Waals surface area contributed by atoms with Crippen LogP contribution in [0.3, 0.4) is 0 Å². The number of unbranched alkanes of at least 4 members (excludes halogenated alkanes) is 9. The fraction of sp³-hybridized carbons (Fsp3) is 0.684. The number of rotatable bonds is 13. The van der Waals surface area contributed by atoms with E-state index in [9.17, 15) is 0 Å². The Balaban J connectivity index is 1.77. The van der Waals surface area contributed by atoms with Crippen molar-refractivity contribution in [2.75, 3.05) is 0 Å². The predicted octanol–water partition coefficient (Wildman–Crippen LogP) is 7.64. The fourth-order valence-electron chi connectivity index (χ4n) is 2.69. The van der Waals surface area contributed by atoms with Gasteiger partial charge in [0.2, 0.25) is 0 Å². The van der Waals surface area contributed by atoms with Gasteiger partial charge in [-0.15, -0.1) is 0 Å². The molecule has 0 aliphatic heterocycles. The first-order valence-corrected chi connectivity index (χ1v) is 10.4. The maximum atomic E-state index is 3.53. The van der Waals surface area contributed by atoms with E-state index in [0.717, 1.165) is 0 Å². The lowest BCUT2D eigenvalue weighted by Crippen LogP contribution is -1.87. The minimum absolute atomic E-state index is 0.515. The van der Waals surface area contributed by atoms with Gasteiger partial charge in [-0.1, -0.05) is 120 Å². The molecule has 0 fully saturated rings. The van der Waals surface area contributed by atoms with Gasteiger partial charge in [0.15, 0.2) is 0 Å². The summed E-state index contributed by atoms with van der Waals surface area (Å²) in [4.78, 5) is 0. The maximum Gasteiger partial charge on any atom is 0.0697 e. The van der Waals surface area contributed by atoms with Gasteiger partial charge in [0.25, 0.3) is 0 Å². The second-order valence-corrected chi connectivity index (χ2v) is 9.39. The lowest BCUT2D eigenvalue weighted by molar-refractivity contribution is 0.549. The Labute approximate surface area is 148 Å². The molecule has 0 unspecified atom stereocenters. The van der Waals surface area contributed by atoms with Crippen molar-refractivity contribution in [1.82, 2.24) is 0 Å². The highest BCUT2D eigenvalue weighted by Crippen LogP contribution is 2.18. The largest absolute Gasteiger partial charge is 0.0765 e. The molecule has 2 heteroatoms. The SMILES string of the molecule is BrC(Br)CCCCCCCCCCCCc1ccccc1. The minimum Gasteiger partial charge on any atom is -0.0765 e. The van der Waals surface area contributed by atoms with Crippen molar-refractivity contribution in [1.29, 1.82) is 0 Å². The van der Waals surface area contributed by atoms with Gasteiger partial charge in [-0.2, -0.15) is 0 Å². The van der Waals surface area contributed by atoms with Gasteiger partial charge in [-0.05, 0) is 24.8 Å². The Morgan fingerprint density at radius 3 is 1.62 bits per heavy atom. The molecule has 0 bridgehead atoms. The lowest BCUT2D eigenvalue weighted by atomic mass is 10.0. The monoisotopic (exact) mass is 416 g/mol. The fourth-order valence-corrected chi connectivity index (χ4v) is 3.33. The Morgan fingerprint density at radius 2 is 1.10 bits per heavy atom. The number of alkyl halides is 2. The topological polar surface area (TPSA) is 0 Å². The zero-order valence-electron chi connectivity index (χ0n) is 13.2. The molecule has 0 saturated heterocycles. The molecule has 1 rings (SSSR count). The van der Waals surface area contributed by atoms with Crippen LogP contribution in [0, 0.1) is 0 Å². The molecule has 0 radical (unpaired) electrons. The molecule has 0 saturated carbocycles. The smallest absolute Gasteiger partial charge is 0.0697 e. The van der Waals surface area contributed by atoms with Crippen LogP contribution in [0.5, 0.6) is 0 Å². The summed E-state index contributed by atoms with van der Waals surface area (Å²) in [5.41, 5.74) is 1.49. The second kappa shape index (κ2) is 13.8. The third-order valence-electron chi connectivity index (χ3n) is 3.98. The summed E-state index contributed by atoms with van der Waals surface area (Å²) in [6.07, 6.45) is 16.6. The Hall–Kier alpha value is 0.180. The first-order valence-electron chi connectivity index (χ1n) is 8.61. The second-order valence-electron chi connectivity index (χ2n) is 5.95. The summed E-state index contributed by atoms with van der Waals surface area (Å²) < 4.78 is 0.515. The summed E-state index contributed by atoms with van der Waals surface area (Å²) in [6.45, 7) is 0. The maximum absolute atomic E-state index is 3.53. The van der Waals surface area contributed by atoms with Gasteiger partial charge >= 0.3 is 0 Å². The highest BCUT2D eigenvalue weighted by Gasteiger charge is 1.97. The quantitative estimate of drug-likeness (QED) is 0.228. The van der Waals surface area contributed by atoms with Gasteiger partial charge < -0.3 is 0 Å². The van der Waals surface area contributed by atoms with E-state index < -0.39 is 0 Å². The molecule has 0 spiro atoms. The first-order chi connectivity index (χ1) is 10.3. The van der Waals surface area contributed by atoms with Crippen molar-refractivity contribution in [2.45, 2.75) is 80.8 Å². The first kappa shape index (κ1) is 19.2. The number of hydrogen-bond acceptors (Lipinski definition) is 0. The summed E-state index contributed by atoms with van der Waals surface area (Å²) in [6, 6.07) is 10.9. The molecule has 1 aromatic rings. The third kappa shape index (κ3) is 12.4. The lowest BCUT2D eigenvalue weighted by Gasteiger charge is -2.04. The molecule has 0 aliphatic rings. The number of hydrogen-bond donors (Lipinski definition) is 0. The molecule has 0 nitrogen and oxygen atoms in total. The molecule has 120 valence electrons.